The maximum Gasteiger partial charge on any atom is 0.307 e. The van der Waals surface area contributed by atoms with Gasteiger partial charge in [0.25, 0.3) is 0 Å². The van der Waals surface area contributed by atoms with Crippen molar-refractivity contribution in [2.24, 2.45) is 5.92 Å². The normalized spacial score (nSPS) is 18.2. The number of rotatable bonds is 7. The first kappa shape index (κ1) is 23.6. The smallest absolute Gasteiger partial charge is 0.307 e. The van der Waals surface area contributed by atoms with Crippen molar-refractivity contribution in [2.75, 3.05) is 33.4 Å². The van der Waals surface area contributed by atoms with Crippen molar-refractivity contribution < 1.29 is 19.4 Å². The molecule has 2 aromatic carbocycles. The molecule has 0 amide bonds. The molecule has 4 rings (SSSR count). The lowest BCUT2D eigenvalue weighted by Gasteiger charge is -2.39. The standard InChI is InChI=1S/C24H27Cl2NO4S/c1-15(23(28)29)12-27-9-7-24(8-10-27)14-31-21-11-16(3-4-18(21)24)32-13-17-19(25)5-6-20(30-2)22(17)26/h3-6,11,15H,7-10,12-14H2,1-2H3,(H,28,29). The van der Waals surface area contributed by atoms with E-state index in [0.717, 1.165) is 42.1 Å². The minimum Gasteiger partial charge on any atom is -0.495 e. The van der Waals surface area contributed by atoms with E-state index in [9.17, 15) is 9.90 Å². The number of carboxylic acids is 1. The maximum atomic E-state index is 11.2. The van der Waals surface area contributed by atoms with E-state index in [1.54, 1.807) is 37.9 Å². The number of thioether (sulfide) groups is 1. The number of carbonyl (C=O) groups is 1. The fraction of sp³-hybridized carbons (Fsp3) is 0.458. The first-order valence-electron chi connectivity index (χ1n) is 10.7. The van der Waals surface area contributed by atoms with Crippen LogP contribution in [0.3, 0.4) is 0 Å². The second kappa shape index (κ2) is 9.72. The van der Waals surface area contributed by atoms with Crippen LogP contribution in [0.5, 0.6) is 11.5 Å². The van der Waals surface area contributed by atoms with Gasteiger partial charge in [-0.05, 0) is 50.2 Å². The van der Waals surface area contributed by atoms with Gasteiger partial charge in [0, 0.05) is 38.8 Å². The first-order chi connectivity index (χ1) is 15.3. The molecular weight excluding hydrogens is 469 g/mol. The second-order valence-corrected chi connectivity index (χ2v) is 10.4. The van der Waals surface area contributed by atoms with Gasteiger partial charge in [-0.2, -0.15) is 0 Å². The Morgan fingerprint density at radius 1 is 1.28 bits per heavy atom. The Balaban J connectivity index is 1.42. The molecule has 1 unspecified atom stereocenters. The number of halogens is 2. The topological polar surface area (TPSA) is 59.0 Å². The Kier molecular flexibility index (Phi) is 7.15. The Morgan fingerprint density at radius 2 is 2.03 bits per heavy atom. The summed E-state index contributed by atoms with van der Waals surface area (Å²) < 4.78 is 11.4. The number of methoxy groups -OCH3 is 1. The number of carboxylic acid groups (broad SMARTS) is 1. The van der Waals surface area contributed by atoms with E-state index >= 15 is 0 Å². The molecule has 32 heavy (non-hydrogen) atoms. The third-order valence-corrected chi connectivity index (χ3v) is 8.34. The van der Waals surface area contributed by atoms with Crippen LogP contribution in [-0.2, 0) is 16.0 Å². The van der Waals surface area contributed by atoms with Gasteiger partial charge in [-0.25, -0.2) is 0 Å². The summed E-state index contributed by atoms with van der Waals surface area (Å²) in [6.07, 6.45) is 1.96. The molecule has 1 saturated heterocycles. The van der Waals surface area contributed by atoms with E-state index in [4.69, 9.17) is 32.7 Å². The Bertz CT molecular complexity index is 1010. The molecule has 2 aromatic rings. The highest BCUT2D eigenvalue weighted by Crippen LogP contribution is 2.47. The lowest BCUT2D eigenvalue weighted by Crippen LogP contribution is -2.45. The van der Waals surface area contributed by atoms with Crippen LogP contribution in [0.15, 0.2) is 35.2 Å². The SMILES string of the molecule is COc1ccc(Cl)c(CSc2ccc3c(c2)OCC32CCN(CC(C)C(=O)O)CC2)c1Cl. The molecule has 2 aliphatic heterocycles. The quantitative estimate of drug-likeness (QED) is 0.494. The lowest BCUT2D eigenvalue weighted by atomic mass is 9.74. The number of hydrogen-bond acceptors (Lipinski definition) is 5. The Morgan fingerprint density at radius 3 is 2.72 bits per heavy atom. The summed E-state index contributed by atoms with van der Waals surface area (Å²) in [6, 6.07) is 10.0. The van der Waals surface area contributed by atoms with Gasteiger partial charge in [0.1, 0.15) is 11.5 Å². The number of aliphatic carboxylic acids is 1. The molecule has 2 heterocycles. The predicted molar refractivity (Wildman–Crippen MR) is 129 cm³/mol. The average molecular weight is 496 g/mol. The highest BCUT2D eigenvalue weighted by Gasteiger charge is 2.43. The van der Waals surface area contributed by atoms with Gasteiger partial charge < -0.3 is 19.5 Å². The maximum absolute atomic E-state index is 11.2. The number of fused-ring (bicyclic) bond motifs is 2. The fourth-order valence-corrected chi connectivity index (χ4v) is 6.21. The van der Waals surface area contributed by atoms with Crippen LogP contribution in [0.25, 0.3) is 0 Å². The molecule has 0 radical (unpaired) electrons. The number of likely N-dealkylation sites (tertiary alicyclic amines) is 1. The van der Waals surface area contributed by atoms with Gasteiger partial charge in [0.15, 0.2) is 0 Å². The molecule has 1 atom stereocenters. The van der Waals surface area contributed by atoms with Crippen molar-refractivity contribution in [2.45, 2.75) is 35.8 Å². The molecule has 5 nitrogen and oxygen atoms in total. The summed E-state index contributed by atoms with van der Waals surface area (Å²) >= 11 is 14.5. The predicted octanol–water partition coefficient (Wildman–Crippen LogP) is 5.74. The van der Waals surface area contributed by atoms with E-state index in [1.807, 2.05) is 0 Å². The zero-order chi connectivity index (χ0) is 22.9. The summed E-state index contributed by atoms with van der Waals surface area (Å²) in [5.74, 6) is 1.12. The third-order valence-electron chi connectivity index (χ3n) is 6.55. The Labute approximate surface area is 203 Å². The van der Waals surface area contributed by atoms with Crippen LogP contribution in [0.4, 0.5) is 0 Å². The van der Waals surface area contributed by atoms with Crippen LogP contribution >= 0.6 is 35.0 Å². The monoisotopic (exact) mass is 495 g/mol. The number of ether oxygens (including phenoxy) is 2. The molecule has 2 aliphatic rings. The number of nitrogens with zero attached hydrogens (tertiary/aromatic N) is 1. The fourth-order valence-electron chi connectivity index (χ4n) is 4.51. The van der Waals surface area contributed by atoms with Crippen molar-refractivity contribution in [1.29, 1.82) is 0 Å². The number of piperidine rings is 1. The second-order valence-electron chi connectivity index (χ2n) is 8.60. The summed E-state index contributed by atoms with van der Waals surface area (Å²) in [6.45, 7) is 4.84. The third kappa shape index (κ3) is 4.69. The van der Waals surface area contributed by atoms with Crippen molar-refractivity contribution in [1.82, 2.24) is 4.90 Å². The summed E-state index contributed by atoms with van der Waals surface area (Å²) in [5.41, 5.74) is 2.16. The minimum absolute atomic E-state index is 0.0287. The summed E-state index contributed by atoms with van der Waals surface area (Å²) in [5, 5.41) is 10.4. The molecule has 172 valence electrons. The molecule has 0 saturated carbocycles. The van der Waals surface area contributed by atoms with Crippen LogP contribution < -0.4 is 9.47 Å². The van der Waals surface area contributed by atoms with Crippen LogP contribution in [0.1, 0.15) is 30.9 Å². The van der Waals surface area contributed by atoms with E-state index in [1.165, 1.54) is 5.56 Å². The van der Waals surface area contributed by atoms with E-state index in [2.05, 4.69) is 23.1 Å². The van der Waals surface area contributed by atoms with Gasteiger partial charge in [0.05, 0.1) is 24.7 Å². The molecule has 0 aliphatic carbocycles. The molecule has 0 aromatic heterocycles. The summed E-state index contributed by atoms with van der Waals surface area (Å²) in [7, 11) is 1.59. The highest BCUT2D eigenvalue weighted by molar-refractivity contribution is 7.98. The van der Waals surface area contributed by atoms with Gasteiger partial charge in [-0.15, -0.1) is 11.8 Å². The first-order valence-corrected chi connectivity index (χ1v) is 12.4. The Hall–Kier alpha value is -1.60. The van der Waals surface area contributed by atoms with Crippen LogP contribution in [0.2, 0.25) is 10.0 Å². The van der Waals surface area contributed by atoms with Crippen molar-refractivity contribution in [3.63, 3.8) is 0 Å². The molecule has 1 spiro atoms. The highest BCUT2D eigenvalue weighted by atomic mass is 35.5. The largest absolute Gasteiger partial charge is 0.495 e. The van der Waals surface area contributed by atoms with E-state index in [-0.39, 0.29) is 11.3 Å². The zero-order valence-corrected chi connectivity index (χ0v) is 20.5. The van der Waals surface area contributed by atoms with Gasteiger partial charge in [0.2, 0.25) is 0 Å². The molecule has 1 N–H and O–H groups in total. The molecule has 8 heteroatoms. The molecule has 0 bridgehead atoms. The molecular formula is C24H27Cl2NO4S. The minimum atomic E-state index is -0.735. The van der Waals surface area contributed by atoms with Gasteiger partial charge >= 0.3 is 5.97 Å². The lowest BCUT2D eigenvalue weighted by molar-refractivity contribution is -0.141. The zero-order valence-electron chi connectivity index (χ0n) is 18.2. The van der Waals surface area contributed by atoms with Crippen molar-refractivity contribution >= 4 is 40.9 Å². The van der Waals surface area contributed by atoms with Gasteiger partial charge in [-0.3, -0.25) is 4.79 Å². The van der Waals surface area contributed by atoms with Crippen LogP contribution in [0, 0.1) is 5.92 Å². The average Bonchev–Trinajstić information content (AvgIpc) is 3.13. The number of hydrogen-bond donors (Lipinski definition) is 1. The van der Waals surface area contributed by atoms with Crippen LogP contribution in [-0.4, -0.2) is 49.3 Å². The van der Waals surface area contributed by atoms with E-state index < -0.39 is 5.97 Å². The van der Waals surface area contributed by atoms with Gasteiger partial charge in [-0.1, -0.05) is 36.2 Å². The number of benzene rings is 2. The van der Waals surface area contributed by atoms with E-state index in [0.29, 0.717) is 34.7 Å². The van der Waals surface area contributed by atoms with Crippen molar-refractivity contribution in [3.8, 4) is 11.5 Å². The summed E-state index contributed by atoms with van der Waals surface area (Å²) in [4.78, 5) is 14.5. The van der Waals surface area contributed by atoms with Crippen molar-refractivity contribution in [3.05, 3.63) is 51.5 Å². The molecule has 1 fully saturated rings.